The Morgan fingerprint density at radius 2 is 2.10 bits per heavy atom. The van der Waals surface area contributed by atoms with Crippen molar-refractivity contribution >= 4 is 40.9 Å². The molecular formula is C13H14Cl2N2O4. The van der Waals surface area contributed by atoms with Crippen molar-refractivity contribution in [3.05, 3.63) is 28.2 Å². The molecule has 2 N–H and O–H groups in total. The van der Waals surface area contributed by atoms with Gasteiger partial charge in [0.15, 0.2) is 0 Å². The summed E-state index contributed by atoms with van der Waals surface area (Å²) in [4.78, 5) is 24.0. The molecule has 0 aliphatic carbocycles. The maximum Gasteiger partial charge on any atom is 0.329 e. The molecular weight excluding hydrogens is 319 g/mol. The van der Waals surface area contributed by atoms with Crippen LogP contribution in [0.15, 0.2) is 18.2 Å². The van der Waals surface area contributed by atoms with Crippen LogP contribution in [0.4, 0.5) is 10.5 Å². The van der Waals surface area contributed by atoms with E-state index in [1.165, 1.54) is 4.90 Å². The van der Waals surface area contributed by atoms with E-state index in [4.69, 9.17) is 33.0 Å². The van der Waals surface area contributed by atoms with Crippen molar-refractivity contribution < 1.29 is 19.4 Å². The van der Waals surface area contributed by atoms with Crippen molar-refractivity contribution in [1.82, 2.24) is 4.90 Å². The van der Waals surface area contributed by atoms with E-state index in [9.17, 15) is 9.59 Å². The number of likely N-dealkylation sites (tertiary alicyclic amines) is 1. The van der Waals surface area contributed by atoms with Gasteiger partial charge in [-0.15, -0.1) is 0 Å². The molecule has 0 bridgehead atoms. The topological polar surface area (TPSA) is 78.9 Å². The number of carbonyl (C=O) groups is 2. The second kappa shape index (κ2) is 6.09. The summed E-state index contributed by atoms with van der Waals surface area (Å²) in [7, 11) is 0. The number of rotatable bonds is 4. The molecule has 2 rings (SSSR count). The van der Waals surface area contributed by atoms with Crippen molar-refractivity contribution in [3.63, 3.8) is 0 Å². The van der Waals surface area contributed by atoms with E-state index in [2.05, 4.69) is 5.32 Å². The number of halogens is 2. The van der Waals surface area contributed by atoms with E-state index < -0.39 is 11.6 Å². The van der Waals surface area contributed by atoms with Crippen molar-refractivity contribution in [2.75, 3.05) is 25.0 Å². The molecule has 0 aromatic heterocycles. The maximum atomic E-state index is 12.0. The molecule has 1 aromatic rings. The first-order valence-electron chi connectivity index (χ1n) is 6.16. The summed E-state index contributed by atoms with van der Waals surface area (Å²) in [5.74, 6) is -1.04. The molecule has 0 spiro atoms. The van der Waals surface area contributed by atoms with Crippen LogP contribution in [-0.2, 0) is 9.53 Å². The third kappa shape index (κ3) is 4.00. The highest BCUT2D eigenvalue weighted by molar-refractivity contribution is 6.35. The zero-order chi connectivity index (χ0) is 15.6. The summed E-state index contributed by atoms with van der Waals surface area (Å²) < 4.78 is 5.23. The Morgan fingerprint density at radius 3 is 2.71 bits per heavy atom. The number of hydrogen-bond acceptors (Lipinski definition) is 3. The Hall–Kier alpha value is -1.50. The first-order chi connectivity index (χ1) is 9.79. The fraction of sp³-hybridized carbons (Fsp3) is 0.385. The number of benzene rings is 1. The molecule has 2 amide bonds. The van der Waals surface area contributed by atoms with E-state index in [0.29, 0.717) is 28.8 Å². The molecule has 1 aliphatic rings. The monoisotopic (exact) mass is 332 g/mol. The van der Waals surface area contributed by atoms with Crippen molar-refractivity contribution in [2.45, 2.75) is 12.5 Å². The van der Waals surface area contributed by atoms with Crippen LogP contribution in [0.2, 0.25) is 10.0 Å². The first kappa shape index (κ1) is 15.9. The van der Waals surface area contributed by atoms with Gasteiger partial charge < -0.3 is 20.1 Å². The smallest absolute Gasteiger partial charge is 0.329 e. The van der Waals surface area contributed by atoms with Crippen LogP contribution >= 0.6 is 23.2 Å². The lowest BCUT2D eigenvalue weighted by atomic mass is 9.97. The van der Waals surface area contributed by atoms with Crippen LogP contribution in [0.1, 0.15) is 6.92 Å². The van der Waals surface area contributed by atoms with Gasteiger partial charge in [-0.25, -0.2) is 9.59 Å². The van der Waals surface area contributed by atoms with E-state index in [-0.39, 0.29) is 12.6 Å². The number of anilines is 1. The van der Waals surface area contributed by atoms with Crippen LogP contribution in [0, 0.1) is 0 Å². The molecule has 1 aromatic carbocycles. The minimum absolute atomic E-state index is 0.310. The molecule has 21 heavy (non-hydrogen) atoms. The quantitative estimate of drug-likeness (QED) is 0.888. The van der Waals surface area contributed by atoms with Crippen LogP contribution in [0.3, 0.4) is 0 Å². The number of hydrogen-bond donors (Lipinski definition) is 2. The van der Waals surface area contributed by atoms with Gasteiger partial charge in [0.05, 0.1) is 23.8 Å². The van der Waals surface area contributed by atoms with Gasteiger partial charge in [0.1, 0.15) is 12.2 Å². The number of nitrogens with zero attached hydrogens (tertiary/aromatic N) is 1. The largest absolute Gasteiger partial charge is 0.480 e. The summed E-state index contributed by atoms with van der Waals surface area (Å²) in [6, 6.07) is 4.44. The van der Waals surface area contributed by atoms with Gasteiger partial charge in [0.2, 0.25) is 0 Å². The van der Waals surface area contributed by atoms with Crippen LogP contribution < -0.4 is 5.32 Å². The lowest BCUT2D eigenvalue weighted by Crippen LogP contribution is -2.64. The summed E-state index contributed by atoms with van der Waals surface area (Å²) >= 11 is 11.8. The number of carboxylic acid groups (broad SMARTS) is 1. The van der Waals surface area contributed by atoms with Crippen LogP contribution in [0.5, 0.6) is 0 Å². The average molecular weight is 333 g/mol. The normalized spacial score (nSPS) is 16.2. The summed E-state index contributed by atoms with van der Waals surface area (Å²) in [5, 5.41) is 12.1. The molecule has 0 radical (unpaired) electrons. The minimum Gasteiger partial charge on any atom is -0.480 e. The van der Waals surface area contributed by atoms with Gasteiger partial charge in [-0.1, -0.05) is 23.2 Å². The second-order valence-corrected chi connectivity index (χ2v) is 5.89. The molecule has 6 nitrogen and oxygen atoms in total. The highest BCUT2D eigenvalue weighted by atomic mass is 35.5. The van der Waals surface area contributed by atoms with Crippen molar-refractivity contribution in [1.29, 1.82) is 0 Å². The van der Waals surface area contributed by atoms with Gasteiger partial charge >= 0.3 is 12.0 Å². The highest BCUT2D eigenvalue weighted by Crippen LogP contribution is 2.28. The molecule has 8 heteroatoms. The summed E-state index contributed by atoms with van der Waals surface area (Å²) in [6.45, 7) is 1.99. The Morgan fingerprint density at radius 1 is 1.43 bits per heavy atom. The third-order valence-corrected chi connectivity index (χ3v) is 3.62. The first-order valence-corrected chi connectivity index (χ1v) is 6.91. The Bertz CT molecular complexity index is 573. The Balaban J connectivity index is 1.89. The lowest BCUT2D eigenvalue weighted by Gasteiger charge is -2.46. The third-order valence-electron chi connectivity index (χ3n) is 3.05. The highest BCUT2D eigenvalue weighted by Gasteiger charge is 2.42. The molecule has 1 fully saturated rings. The number of urea groups is 1. The lowest BCUT2D eigenvalue weighted by molar-refractivity contribution is -0.159. The van der Waals surface area contributed by atoms with Crippen molar-refractivity contribution in [3.8, 4) is 0 Å². The van der Waals surface area contributed by atoms with Gasteiger partial charge in [-0.05, 0) is 25.1 Å². The number of carbonyl (C=O) groups excluding carboxylic acids is 1. The van der Waals surface area contributed by atoms with Gasteiger partial charge in [0.25, 0.3) is 0 Å². The fourth-order valence-corrected chi connectivity index (χ4v) is 2.36. The van der Waals surface area contributed by atoms with E-state index >= 15 is 0 Å². The Kier molecular flexibility index (Phi) is 4.61. The predicted octanol–water partition coefficient (Wildman–Crippen LogP) is 2.70. The SMILES string of the molecule is CC1(OCC(=O)O)CN(C(=O)Nc2cc(Cl)ccc2Cl)C1. The van der Waals surface area contributed by atoms with Crippen molar-refractivity contribution in [2.24, 2.45) is 0 Å². The Labute approximate surface area is 131 Å². The van der Waals surface area contributed by atoms with E-state index in [1.807, 2.05) is 0 Å². The molecule has 114 valence electrons. The average Bonchev–Trinajstić information content (AvgIpc) is 2.37. The predicted molar refractivity (Wildman–Crippen MR) is 79.0 cm³/mol. The van der Waals surface area contributed by atoms with Gasteiger partial charge in [0, 0.05) is 5.02 Å². The fourth-order valence-electron chi connectivity index (χ4n) is 2.02. The van der Waals surface area contributed by atoms with E-state index in [1.54, 1.807) is 25.1 Å². The molecule has 0 saturated carbocycles. The maximum absolute atomic E-state index is 12.0. The molecule has 1 saturated heterocycles. The zero-order valence-corrected chi connectivity index (χ0v) is 12.7. The van der Waals surface area contributed by atoms with Crippen LogP contribution in [-0.4, -0.2) is 47.3 Å². The minimum atomic E-state index is -1.04. The van der Waals surface area contributed by atoms with Crippen LogP contribution in [0.25, 0.3) is 0 Å². The second-order valence-electron chi connectivity index (χ2n) is 5.04. The number of carboxylic acids is 1. The molecule has 1 aliphatic heterocycles. The molecule has 0 atom stereocenters. The van der Waals surface area contributed by atoms with Gasteiger partial charge in [-0.3, -0.25) is 0 Å². The summed E-state index contributed by atoms with van der Waals surface area (Å²) in [6.07, 6.45) is 0. The number of nitrogens with one attached hydrogen (secondary N) is 1. The number of aliphatic carboxylic acids is 1. The van der Waals surface area contributed by atoms with E-state index in [0.717, 1.165) is 0 Å². The standard InChI is InChI=1S/C13H14Cl2N2O4/c1-13(21-5-11(18)19)6-17(7-13)12(20)16-10-4-8(14)2-3-9(10)15/h2-4H,5-7H2,1H3,(H,16,20)(H,18,19). The number of ether oxygens (including phenoxy) is 1. The number of amides is 2. The van der Waals surface area contributed by atoms with Gasteiger partial charge in [-0.2, -0.15) is 0 Å². The molecule has 1 heterocycles. The molecule has 0 unspecified atom stereocenters. The zero-order valence-electron chi connectivity index (χ0n) is 11.2. The summed E-state index contributed by atoms with van der Waals surface area (Å²) in [5.41, 5.74) is -0.206.